The van der Waals surface area contributed by atoms with Crippen LogP contribution in [-0.2, 0) is 9.59 Å². The van der Waals surface area contributed by atoms with Gasteiger partial charge in [0.1, 0.15) is 17.8 Å². The van der Waals surface area contributed by atoms with E-state index in [2.05, 4.69) is 5.32 Å². The van der Waals surface area contributed by atoms with Gasteiger partial charge in [-0.15, -0.1) is 0 Å². The summed E-state index contributed by atoms with van der Waals surface area (Å²) >= 11 is 2.02. The molecule has 0 bridgehead atoms. The average molecular weight is 388 g/mol. The first-order chi connectivity index (χ1) is 9.23. The van der Waals surface area contributed by atoms with Crippen molar-refractivity contribution < 1.29 is 19.5 Å². The number of piperazine rings is 1. The van der Waals surface area contributed by atoms with Crippen LogP contribution in [0.5, 0.6) is 5.75 Å². The number of benzene rings is 1. The second kappa shape index (κ2) is 5.04. The zero-order valence-electron chi connectivity index (χ0n) is 10.9. The number of carbonyl (C=O) groups is 3. The fourth-order valence-corrected chi connectivity index (χ4v) is 2.42. The van der Waals surface area contributed by atoms with Crippen molar-refractivity contribution in [1.82, 2.24) is 10.2 Å². The molecule has 6 nitrogen and oxygen atoms in total. The van der Waals surface area contributed by atoms with Gasteiger partial charge in [0.2, 0.25) is 5.91 Å². The monoisotopic (exact) mass is 388 g/mol. The summed E-state index contributed by atoms with van der Waals surface area (Å²) in [5.74, 6) is -1.79. The molecular weight excluding hydrogens is 375 g/mol. The van der Waals surface area contributed by atoms with Gasteiger partial charge in [-0.05, 0) is 54.6 Å². The number of nitrogens with one attached hydrogen (secondary N) is 1. The molecule has 1 saturated heterocycles. The molecule has 106 valence electrons. The van der Waals surface area contributed by atoms with Gasteiger partial charge in [-0.2, -0.15) is 0 Å². The standard InChI is InChI=1S/C13H13IN2O4/c1-13(2)12(20)15-10(18)6-16(13)11(19)8-5-7(14)3-4-9(8)17/h3-5,17H,6H2,1-2H3,(H,15,18,20). The van der Waals surface area contributed by atoms with E-state index in [9.17, 15) is 19.5 Å². The highest BCUT2D eigenvalue weighted by Crippen LogP contribution is 2.26. The Bertz CT molecular complexity index is 612. The van der Waals surface area contributed by atoms with Gasteiger partial charge >= 0.3 is 0 Å². The molecule has 1 aromatic rings. The predicted molar refractivity (Wildman–Crippen MR) is 79.1 cm³/mol. The summed E-state index contributed by atoms with van der Waals surface area (Å²) in [6.45, 7) is 2.89. The van der Waals surface area contributed by atoms with E-state index in [0.29, 0.717) is 0 Å². The summed E-state index contributed by atoms with van der Waals surface area (Å²) in [5.41, 5.74) is -1.08. The number of phenolic OH excluding ortho intramolecular Hbond substituents is 1. The van der Waals surface area contributed by atoms with Crippen LogP contribution >= 0.6 is 22.6 Å². The van der Waals surface area contributed by atoms with Crippen LogP contribution in [0.4, 0.5) is 0 Å². The fraction of sp³-hybridized carbons (Fsp3) is 0.308. The molecule has 1 aliphatic heterocycles. The summed E-state index contributed by atoms with van der Waals surface area (Å²) in [7, 11) is 0. The molecule has 0 radical (unpaired) electrons. The van der Waals surface area contributed by atoms with E-state index in [1.165, 1.54) is 17.0 Å². The van der Waals surface area contributed by atoms with E-state index in [0.717, 1.165) is 3.57 Å². The molecular formula is C13H13IN2O4. The van der Waals surface area contributed by atoms with Crippen molar-refractivity contribution in [3.8, 4) is 5.75 Å². The third kappa shape index (κ3) is 2.49. The highest BCUT2D eigenvalue weighted by atomic mass is 127. The highest BCUT2D eigenvalue weighted by molar-refractivity contribution is 14.1. The first-order valence-electron chi connectivity index (χ1n) is 5.88. The van der Waals surface area contributed by atoms with E-state index < -0.39 is 23.3 Å². The van der Waals surface area contributed by atoms with Crippen molar-refractivity contribution in [2.45, 2.75) is 19.4 Å². The molecule has 2 N–H and O–H groups in total. The number of nitrogens with zero attached hydrogens (tertiary/aromatic N) is 1. The lowest BCUT2D eigenvalue weighted by molar-refractivity contribution is -0.143. The van der Waals surface area contributed by atoms with Crippen LogP contribution in [0.1, 0.15) is 24.2 Å². The van der Waals surface area contributed by atoms with E-state index in [1.54, 1.807) is 19.9 Å². The number of amides is 3. The average Bonchev–Trinajstić information content (AvgIpc) is 2.36. The van der Waals surface area contributed by atoms with Crippen LogP contribution in [0.3, 0.4) is 0 Å². The van der Waals surface area contributed by atoms with Crippen LogP contribution in [-0.4, -0.2) is 39.8 Å². The van der Waals surface area contributed by atoms with Gasteiger partial charge in [-0.1, -0.05) is 0 Å². The molecule has 20 heavy (non-hydrogen) atoms. The molecule has 0 aliphatic carbocycles. The van der Waals surface area contributed by atoms with Crippen molar-refractivity contribution in [3.05, 3.63) is 27.3 Å². The van der Waals surface area contributed by atoms with Crippen LogP contribution < -0.4 is 5.32 Å². The molecule has 0 saturated carbocycles. The van der Waals surface area contributed by atoms with Crippen LogP contribution in [0.2, 0.25) is 0 Å². The molecule has 0 unspecified atom stereocenters. The largest absolute Gasteiger partial charge is 0.507 e. The fourth-order valence-electron chi connectivity index (χ4n) is 1.93. The van der Waals surface area contributed by atoms with Crippen molar-refractivity contribution in [3.63, 3.8) is 0 Å². The Kier molecular flexibility index (Phi) is 3.72. The van der Waals surface area contributed by atoms with E-state index in [1.807, 2.05) is 22.6 Å². The Balaban J connectivity index is 2.43. The van der Waals surface area contributed by atoms with Crippen molar-refractivity contribution >= 4 is 40.3 Å². The number of hydrogen-bond acceptors (Lipinski definition) is 4. The van der Waals surface area contributed by atoms with Gasteiger partial charge in [-0.25, -0.2) is 0 Å². The lowest BCUT2D eigenvalue weighted by atomic mass is 9.97. The van der Waals surface area contributed by atoms with Gasteiger partial charge in [0.05, 0.1) is 5.56 Å². The van der Waals surface area contributed by atoms with Crippen molar-refractivity contribution in [1.29, 1.82) is 0 Å². The summed E-state index contributed by atoms with van der Waals surface area (Å²) in [5, 5.41) is 12.0. The molecule has 1 aliphatic rings. The third-order valence-corrected chi connectivity index (χ3v) is 3.89. The number of halogens is 1. The van der Waals surface area contributed by atoms with Gasteiger partial charge < -0.3 is 10.0 Å². The van der Waals surface area contributed by atoms with Crippen molar-refractivity contribution in [2.75, 3.05) is 6.54 Å². The summed E-state index contributed by atoms with van der Waals surface area (Å²) in [6.07, 6.45) is 0. The number of rotatable bonds is 1. The predicted octanol–water partition coefficient (Wildman–Crippen LogP) is 0.874. The number of phenols is 1. The second-order valence-electron chi connectivity index (χ2n) is 4.99. The van der Waals surface area contributed by atoms with Crippen LogP contribution in [0, 0.1) is 3.57 Å². The SMILES string of the molecule is CC1(C)C(=O)NC(=O)CN1C(=O)c1cc(I)ccc1O. The first-order valence-corrected chi connectivity index (χ1v) is 6.96. The minimum absolute atomic E-state index is 0.0764. The third-order valence-electron chi connectivity index (χ3n) is 3.22. The molecule has 1 heterocycles. The topological polar surface area (TPSA) is 86.7 Å². The molecule has 0 aromatic heterocycles. The first kappa shape index (κ1) is 14.8. The molecule has 3 amide bonds. The van der Waals surface area contributed by atoms with E-state index >= 15 is 0 Å². The lowest BCUT2D eigenvalue weighted by Gasteiger charge is -2.40. The van der Waals surface area contributed by atoms with E-state index in [4.69, 9.17) is 0 Å². The van der Waals surface area contributed by atoms with Gasteiger partial charge in [-0.3, -0.25) is 19.7 Å². The van der Waals surface area contributed by atoms with Crippen LogP contribution in [0.15, 0.2) is 18.2 Å². The molecule has 1 fully saturated rings. The summed E-state index contributed by atoms with van der Waals surface area (Å²) in [6, 6.07) is 4.59. The number of carbonyl (C=O) groups excluding carboxylic acids is 3. The number of hydrogen-bond donors (Lipinski definition) is 2. The lowest BCUT2D eigenvalue weighted by Crippen LogP contribution is -2.65. The molecule has 0 atom stereocenters. The van der Waals surface area contributed by atoms with Gasteiger partial charge in [0.15, 0.2) is 0 Å². The Morgan fingerprint density at radius 3 is 2.70 bits per heavy atom. The second-order valence-corrected chi connectivity index (χ2v) is 6.23. The maximum absolute atomic E-state index is 12.5. The van der Waals surface area contributed by atoms with Gasteiger partial charge in [0, 0.05) is 3.57 Å². The maximum Gasteiger partial charge on any atom is 0.258 e. The Morgan fingerprint density at radius 1 is 1.40 bits per heavy atom. The number of aromatic hydroxyl groups is 1. The zero-order valence-corrected chi connectivity index (χ0v) is 13.1. The minimum Gasteiger partial charge on any atom is -0.507 e. The number of imide groups is 1. The minimum atomic E-state index is -1.15. The normalized spacial score (nSPS) is 17.9. The molecule has 1 aromatic carbocycles. The Hall–Kier alpha value is -1.64. The Morgan fingerprint density at radius 2 is 2.05 bits per heavy atom. The van der Waals surface area contributed by atoms with E-state index in [-0.39, 0.29) is 17.9 Å². The van der Waals surface area contributed by atoms with Crippen molar-refractivity contribution in [2.24, 2.45) is 0 Å². The molecule has 7 heteroatoms. The maximum atomic E-state index is 12.5. The highest BCUT2D eigenvalue weighted by Gasteiger charge is 2.44. The smallest absolute Gasteiger partial charge is 0.258 e. The van der Waals surface area contributed by atoms with Crippen LogP contribution in [0.25, 0.3) is 0 Å². The Labute approximate surface area is 129 Å². The molecule has 2 rings (SSSR count). The zero-order chi connectivity index (χ0) is 15.1. The summed E-state index contributed by atoms with van der Waals surface area (Å²) in [4.78, 5) is 37.0. The van der Waals surface area contributed by atoms with Gasteiger partial charge in [0.25, 0.3) is 11.8 Å². The molecule has 0 spiro atoms. The quantitative estimate of drug-likeness (QED) is 0.553. The summed E-state index contributed by atoms with van der Waals surface area (Å²) < 4.78 is 0.773.